The molecule has 1 saturated carbocycles. The first-order valence-electron chi connectivity index (χ1n) is 7.25. The molecule has 1 nitrogen and oxygen atoms in total. The van der Waals surface area contributed by atoms with Gasteiger partial charge >= 0.3 is 0 Å². The van der Waals surface area contributed by atoms with Crippen LogP contribution < -0.4 is 5.32 Å². The molecule has 1 fully saturated rings. The summed E-state index contributed by atoms with van der Waals surface area (Å²) < 4.78 is 0. The highest BCUT2D eigenvalue weighted by atomic mass is 32.2. The Balaban J connectivity index is 1.76. The van der Waals surface area contributed by atoms with E-state index in [4.69, 9.17) is 0 Å². The Morgan fingerprint density at radius 1 is 1.28 bits per heavy atom. The Morgan fingerprint density at radius 3 is 2.61 bits per heavy atom. The van der Waals surface area contributed by atoms with Gasteiger partial charge in [-0.3, -0.25) is 0 Å². The van der Waals surface area contributed by atoms with Crippen LogP contribution in [-0.2, 0) is 0 Å². The molecular weight excluding hydrogens is 238 g/mol. The molecule has 0 aliphatic heterocycles. The average Bonchev–Trinajstić information content (AvgIpc) is 3.21. The molecule has 1 aliphatic carbocycles. The quantitative estimate of drug-likeness (QED) is 0.686. The van der Waals surface area contributed by atoms with Crippen LogP contribution in [0.1, 0.15) is 51.1 Å². The molecule has 1 aliphatic rings. The molecule has 0 aromatic heterocycles. The van der Waals surface area contributed by atoms with Crippen molar-refractivity contribution in [1.29, 1.82) is 0 Å². The zero-order chi connectivity index (χ0) is 12.8. The average molecular weight is 263 g/mol. The number of nitrogens with one attached hydrogen (secondary N) is 1. The van der Waals surface area contributed by atoms with Crippen molar-refractivity contribution >= 4 is 11.8 Å². The topological polar surface area (TPSA) is 12.0 Å². The van der Waals surface area contributed by atoms with Crippen molar-refractivity contribution in [3.05, 3.63) is 29.8 Å². The summed E-state index contributed by atoms with van der Waals surface area (Å²) in [6.45, 7) is 5.54. The van der Waals surface area contributed by atoms with Gasteiger partial charge in [0.1, 0.15) is 0 Å². The predicted octanol–water partition coefficient (Wildman–Crippen LogP) is 4.64. The number of hydrogen-bond acceptors (Lipinski definition) is 2. The molecule has 2 heteroatoms. The fraction of sp³-hybridized carbons (Fsp3) is 0.625. The zero-order valence-corrected chi connectivity index (χ0v) is 12.4. The Morgan fingerprint density at radius 2 is 2.00 bits per heavy atom. The Bertz CT molecular complexity index is 343. The predicted molar refractivity (Wildman–Crippen MR) is 81.2 cm³/mol. The second-order valence-electron chi connectivity index (χ2n) is 5.33. The van der Waals surface area contributed by atoms with Gasteiger partial charge in [0.15, 0.2) is 0 Å². The molecule has 100 valence electrons. The van der Waals surface area contributed by atoms with Crippen molar-refractivity contribution in [2.24, 2.45) is 5.92 Å². The van der Waals surface area contributed by atoms with Crippen molar-refractivity contribution in [2.75, 3.05) is 12.3 Å². The van der Waals surface area contributed by atoms with Crippen LogP contribution in [0.4, 0.5) is 0 Å². The minimum Gasteiger partial charge on any atom is -0.310 e. The normalized spacial score (nSPS) is 16.8. The summed E-state index contributed by atoms with van der Waals surface area (Å²) >= 11 is 2.01. The maximum Gasteiger partial charge on any atom is 0.0291 e. The third kappa shape index (κ3) is 4.66. The lowest BCUT2D eigenvalue weighted by molar-refractivity contribution is 0.570. The van der Waals surface area contributed by atoms with E-state index in [1.807, 2.05) is 11.8 Å². The Hall–Kier alpha value is -0.470. The summed E-state index contributed by atoms with van der Waals surface area (Å²) in [7, 11) is 0. The van der Waals surface area contributed by atoms with E-state index in [2.05, 4.69) is 43.4 Å². The molecule has 1 aromatic carbocycles. The minimum absolute atomic E-state index is 0.468. The maximum absolute atomic E-state index is 3.53. The molecule has 1 N–H and O–H groups in total. The van der Waals surface area contributed by atoms with Gasteiger partial charge in [0.05, 0.1) is 0 Å². The molecule has 0 bridgehead atoms. The molecule has 1 unspecified atom stereocenters. The molecule has 0 spiro atoms. The van der Waals surface area contributed by atoms with Crippen molar-refractivity contribution in [3.8, 4) is 0 Å². The van der Waals surface area contributed by atoms with Gasteiger partial charge in [-0.15, -0.1) is 11.8 Å². The molecular formula is C16H25NS. The lowest BCUT2D eigenvalue weighted by Gasteiger charge is -2.14. The smallest absolute Gasteiger partial charge is 0.0291 e. The summed E-state index contributed by atoms with van der Waals surface area (Å²) in [6, 6.07) is 9.56. The van der Waals surface area contributed by atoms with Crippen LogP contribution in [0.3, 0.4) is 0 Å². The maximum atomic E-state index is 3.53. The fourth-order valence-electron chi connectivity index (χ4n) is 2.08. The summed E-state index contributed by atoms with van der Waals surface area (Å²) in [5.41, 5.74) is 1.40. The van der Waals surface area contributed by atoms with E-state index in [1.165, 1.54) is 41.9 Å². The highest BCUT2D eigenvalue weighted by molar-refractivity contribution is 7.99. The van der Waals surface area contributed by atoms with Crippen molar-refractivity contribution in [1.82, 2.24) is 5.32 Å². The van der Waals surface area contributed by atoms with Gasteiger partial charge in [0, 0.05) is 10.9 Å². The largest absolute Gasteiger partial charge is 0.310 e. The first-order chi connectivity index (χ1) is 8.79. The second-order valence-corrected chi connectivity index (χ2v) is 6.49. The standard InChI is InChI=1S/C16H25NS/c1-3-11-17-13(2)15-6-8-16(9-7-15)18-12-10-14-4-5-14/h6-9,13-14,17H,3-5,10-12H2,1-2H3. The Kier molecular flexibility index (Phi) is 5.58. The second kappa shape index (κ2) is 7.20. The van der Waals surface area contributed by atoms with E-state index < -0.39 is 0 Å². The third-order valence-electron chi connectivity index (χ3n) is 3.57. The first-order valence-corrected chi connectivity index (χ1v) is 8.24. The van der Waals surface area contributed by atoms with E-state index in [0.717, 1.165) is 12.5 Å². The van der Waals surface area contributed by atoms with E-state index in [9.17, 15) is 0 Å². The van der Waals surface area contributed by atoms with Gasteiger partial charge in [-0.25, -0.2) is 0 Å². The highest BCUT2D eigenvalue weighted by Gasteiger charge is 2.20. The monoisotopic (exact) mass is 263 g/mol. The number of thioether (sulfide) groups is 1. The lowest BCUT2D eigenvalue weighted by Crippen LogP contribution is -2.19. The Labute approximate surface area is 116 Å². The molecule has 0 radical (unpaired) electrons. The van der Waals surface area contributed by atoms with E-state index >= 15 is 0 Å². The first kappa shape index (κ1) is 14.0. The fourth-order valence-corrected chi connectivity index (χ4v) is 3.10. The number of benzene rings is 1. The summed E-state index contributed by atoms with van der Waals surface area (Å²) in [4.78, 5) is 1.42. The molecule has 0 heterocycles. The molecule has 0 saturated heterocycles. The van der Waals surface area contributed by atoms with E-state index in [1.54, 1.807) is 0 Å². The zero-order valence-electron chi connectivity index (χ0n) is 11.6. The van der Waals surface area contributed by atoms with Crippen LogP contribution >= 0.6 is 11.8 Å². The van der Waals surface area contributed by atoms with Gasteiger partial charge in [0.2, 0.25) is 0 Å². The molecule has 1 aromatic rings. The van der Waals surface area contributed by atoms with E-state index in [-0.39, 0.29) is 0 Å². The van der Waals surface area contributed by atoms with Crippen LogP contribution in [-0.4, -0.2) is 12.3 Å². The van der Waals surface area contributed by atoms with Crippen molar-refractivity contribution in [2.45, 2.75) is 50.5 Å². The van der Waals surface area contributed by atoms with Gasteiger partial charge < -0.3 is 5.32 Å². The summed E-state index contributed by atoms with van der Waals surface area (Å²) in [6.07, 6.45) is 5.54. The third-order valence-corrected chi connectivity index (χ3v) is 4.62. The molecule has 1 atom stereocenters. The van der Waals surface area contributed by atoms with Crippen molar-refractivity contribution in [3.63, 3.8) is 0 Å². The van der Waals surface area contributed by atoms with E-state index in [0.29, 0.717) is 6.04 Å². The lowest BCUT2D eigenvalue weighted by atomic mass is 10.1. The molecule has 0 amide bonds. The van der Waals surface area contributed by atoms with Crippen LogP contribution in [0.5, 0.6) is 0 Å². The SMILES string of the molecule is CCCNC(C)c1ccc(SCCC2CC2)cc1. The summed E-state index contributed by atoms with van der Waals surface area (Å²) in [5.74, 6) is 2.34. The number of hydrogen-bond donors (Lipinski definition) is 1. The number of rotatable bonds is 8. The van der Waals surface area contributed by atoms with Gasteiger partial charge in [-0.2, -0.15) is 0 Å². The highest BCUT2D eigenvalue weighted by Crippen LogP contribution is 2.34. The summed E-state index contributed by atoms with van der Waals surface area (Å²) in [5, 5.41) is 3.53. The molecule has 2 rings (SSSR count). The van der Waals surface area contributed by atoms with Crippen molar-refractivity contribution < 1.29 is 0 Å². The van der Waals surface area contributed by atoms with Crippen LogP contribution in [0.2, 0.25) is 0 Å². The van der Waals surface area contributed by atoms with Crippen LogP contribution in [0, 0.1) is 5.92 Å². The van der Waals surface area contributed by atoms with Gasteiger partial charge in [0.25, 0.3) is 0 Å². The van der Waals surface area contributed by atoms with Crippen LogP contribution in [0.25, 0.3) is 0 Å². The minimum atomic E-state index is 0.468. The van der Waals surface area contributed by atoms with Crippen LogP contribution in [0.15, 0.2) is 29.2 Å². The van der Waals surface area contributed by atoms with Gasteiger partial charge in [-0.1, -0.05) is 31.9 Å². The molecule has 18 heavy (non-hydrogen) atoms. The van der Waals surface area contributed by atoms with Gasteiger partial charge in [-0.05, 0) is 55.7 Å².